The third-order valence-corrected chi connectivity index (χ3v) is 6.16. The third kappa shape index (κ3) is 2.97. The average molecular weight is 331 g/mol. The molecule has 3 heterocycles. The van der Waals surface area contributed by atoms with E-state index in [9.17, 15) is 9.59 Å². The summed E-state index contributed by atoms with van der Waals surface area (Å²) >= 11 is 1.53. The van der Waals surface area contributed by atoms with Gasteiger partial charge in [0.05, 0.1) is 10.9 Å². The number of benzene rings is 1. The molecule has 0 radical (unpaired) electrons. The average Bonchev–Trinajstić information content (AvgIpc) is 2.87. The zero-order valence-corrected chi connectivity index (χ0v) is 13.9. The highest BCUT2D eigenvalue weighted by Crippen LogP contribution is 2.36. The second-order valence-corrected chi connectivity index (χ2v) is 8.12. The number of piperidine rings is 1. The SMILES string of the molecule is CC1Sc2ccc(C(=O)NC3CC4CCC(C3)N4)cc2NC1=O. The van der Waals surface area contributed by atoms with Crippen molar-refractivity contribution in [3.05, 3.63) is 23.8 Å². The lowest BCUT2D eigenvalue weighted by Crippen LogP contribution is -2.48. The standard InChI is InChI=1S/C17H21N3O2S/c1-9-16(21)20-14-6-10(2-5-15(14)23-9)17(22)19-13-7-11-3-4-12(8-13)18-11/h2,5-6,9,11-13,18H,3-4,7-8H2,1H3,(H,19,22)(H,20,21). The molecule has 0 saturated carbocycles. The van der Waals surface area contributed by atoms with E-state index in [-0.39, 0.29) is 23.1 Å². The van der Waals surface area contributed by atoms with E-state index < -0.39 is 0 Å². The van der Waals surface area contributed by atoms with Crippen molar-refractivity contribution in [1.82, 2.24) is 10.6 Å². The first-order chi connectivity index (χ1) is 11.1. The molecule has 5 nitrogen and oxygen atoms in total. The number of hydrogen-bond acceptors (Lipinski definition) is 4. The number of rotatable bonds is 2. The van der Waals surface area contributed by atoms with Crippen molar-refractivity contribution in [2.75, 3.05) is 5.32 Å². The molecule has 23 heavy (non-hydrogen) atoms. The summed E-state index contributed by atoms with van der Waals surface area (Å²) in [6, 6.07) is 6.93. The van der Waals surface area contributed by atoms with Gasteiger partial charge in [0.1, 0.15) is 0 Å². The van der Waals surface area contributed by atoms with Crippen LogP contribution in [0.5, 0.6) is 0 Å². The molecular weight excluding hydrogens is 310 g/mol. The predicted molar refractivity (Wildman–Crippen MR) is 90.8 cm³/mol. The molecule has 6 heteroatoms. The van der Waals surface area contributed by atoms with Gasteiger partial charge in [-0.3, -0.25) is 9.59 Å². The molecule has 0 aromatic heterocycles. The fraction of sp³-hybridized carbons (Fsp3) is 0.529. The van der Waals surface area contributed by atoms with Gasteiger partial charge in [-0.15, -0.1) is 11.8 Å². The summed E-state index contributed by atoms with van der Waals surface area (Å²) in [6.45, 7) is 1.88. The van der Waals surface area contributed by atoms with Crippen LogP contribution in [-0.2, 0) is 4.79 Å². The van der Waals surface area contributed by atoms with Gasteiger partial charge in [0.15, 0.2) is 0 Å². The number of hydrogen-bond donors (Lipinski definition) is 3. The predicted octanol–water partition coefficient (Wildman–Crippen LogP) is 2.13. The van der Waals surface area contributed by atoms with Gasteiger partial charge in [-0.1, -0.05) is 0 Å². The second-order valence-electron chi connectivity index (χ2n) is 6.74. The fourth-order valence-corrected chi connectivity index (χ4v) is 4.72. The molecular formula is C17H21N3O2S. The van der Waals surface area contributed by atoms with Crippen molar-refractivity contribution < 1.29 is 9.59 Å². The number of thioether (sulfide) groups is 1. The molecule has 3 atom stereocenters. The number of amides is 2. The van der Waals surface area contributed by atoms with Gasteiger partial charge in [-0.2, -0.15) is 0 Å². The van der Waals surface area contributed by atoms with Crippen molar-refractivity contribution in [2.45, 2.75) is 60.9 Å². The number of carbonyl (C=O) groups excluding carboxylic acids is 2. The summed E-state index contributed by atoms with van der Waals surface area (Å²) < 4.78 is 0. The van der Waals surface area contributed by atoms with Crippen molar-refractivity contribution in [2.24, 2.45) is 0 Å². The van der Waals surface area contributed by atoms with Crippen LogP contribution in [-0.4, -0.2) is 35.2 Å². The molecule has 3 aliphatic heterocycles. The zero-order chi connectivity index (χ0) is 16.0. The normalized spacial score (nSPS) is 32.1. The van der Waals surface area contributed by atoms with Gasteiger partial charge >= 0.3 is 0 Å². The van der Waals surface area contributed by atoms with Gasteiger partial charge in [0.2, 0.25) is 5.91 Å². The monoisotopic (exact) mass is 331 g/mol. The quantitative estimate of drug-likeness (QED) is 0.776. The Hall–Kier alpha value is -1.53. The molecule has 3 N–H and O–H groups in total. The molecule has 4 rings (SSSR count). The Morgan fingerprint density at radius 1 is 1.26 bits per heavy atom. The first-order valence-electron chi connectivity index (χ1n) is 8.27. The number of anilines is 1. The van der Waals surface area contributed by atoms with Crippen LogP contribution in [0.1, 0.15) is 43.0 Å². The summed E-state index contributed by atoms with van der Waals surface area (Å²) in [5, 5.41) is 9.54. The van der Waals surface area contributed by atoms with Gasteiger partial charge < -0.3 is 16.0 Å². The minimum Gasteiger partial charge on any atom is -0.349 e. The highest BCUT2D eigenvalue weighted by atomic mass is 32.2. The molecule has 2 amide bonds. The molecule has 0 spiro atoms. The van der Waals surface area contributed by atoms with E-state index in [0.29, 0.717) is 17.6 Å². The lowest BCUT2D eigenvalue weighted by molar-refractivity contribution is -0.115. The molecule has 122 valence electrons. The minimum absolute atomic E-state index is 0.00464. The summed E-state index contributed by atoms with van der Waals surface area (Å²) in [5.41, 5.74) is 1.36. The van der Waals surface area contributed by atoms with Gasteiger partial charge in [0, 0.05) is 28.6 Å². The zero-order valence-electron chi connectivity index (χ0n) is 13.1. The van der Waals surface area contributed by atoms with Crippen LogP contribution in [0.3, 0.4) is 0 Å². The Labute approximate surface area is 140 Å². The lowest BCUT2D eigenvalue weighted by atomic mass is 9.99. The van der Waals surface area contributed by atoms with Crippen LogP contribution < -0.4 is 16.0 Å². The van der Waals surface area contributed by atoms with E-state index in [1.807, 2.05) is 19.1 Å². The first-order valence-corrected chi connectivity index (χ1v) is 9.15. The summed E-state index contributed by atoms with van der Waals surface area (Å²) in [6.07, 6.45) is 4.46. The topological polar surface area (TPSA) is 70.2 Å². The van der Waals surface area contributed by atoms with Crippen LogP contribution in [0.2, 0.25) is 0 Å². The van der Waals surface area contributed by atoms with Gasteiger partial charge in [-0.05, 0) is 50.8 Å². The Balaban J connectivity index is 1.46. The fourth-order valence-electron chi connectivity index (χ4n) is 3.79. The molecule has 1 aromatic rings. The van der Waals surface area contributed by atoms with E-state index in [0.717, 1.165) is 23.4 Å². The first kappa shape index (κ1) is 15.0. The maximum atomic E-state index is 12.5. The van der Waals surface area contributed by atoms with Crippen molar-refractivity contribution in [3.63, 3.8) is 0 Å². The Morgan fingerprint density at radius 2 is 2.00 bits per heavy atom. The van der Waals surface area contributed by atoms with Crippen molar-refractivity contribution in [1.29, 1.82) is 0 Å². The van der Waals surface area contributed by atoms with Crippen LogP contribution >= 0.6 is 11.8 Å². The maximum absolute atomic E-state index is 12.5. The number of nitrogens with one attached hydrogen (secondary N) is 3. The van der Waals surface area contributed by atoms with Crippen molar-refractivity contribution in [3.8, 4) is 0 Å². The van der Waals surface area contributed by atoms with Gasteiger partial charge in [0.25, 0.3) is 5.91 Å². The lowest BCUT2D eigenvalue weighted by Gasteiger charge is -2.29. The highest BCUT2D eigenvalue weighted by molar-refractivity contribution is 8.00. The summed E-state index contributed by atoms with van der Waals surface area (Å²) in [5.74, 6) is -0.0491. The largest absolute Gasteiger partial charge is 0.349 e. The van der Waals surface area contributed by atoms with Crippen molar-refractivity contribution >= 4 is 29.3 Å². The molecule has 2 saturated heterocycles. The van der Waals surface area contributed by atoms with E-state index in [1.54, 1.807) is 6.07 Å². The van der Waals surface area contributed by atoms with E-state index >= 15 is 0 Å². The highest BCUT2D eigenvalue weighted by Gasteiger charge is 2.34. The Morgan fingerprint density at radius 3 is 2.74 bits per heavy atom. The number of fused-ring (bicyclic) bond motifs is 3. The molecule has 3 unspecified atom stereocenters. The Bertz CT molecular complexity index is 651. The third-order valence-electron chi connectivity index (χ3n) is 4.98. The van der Waals surface area contributed by atoms with Crippen LogP contribution in [0.4, 0.5) is 5.69 Å². The van der Waals surface area contributed by atoms with Gasteiger partial charge in [-0.25, -0.2) is 0 Å². The smallest absolute Gasteiger partial charge is 0.251 e. The number of carbonyl (C=O) groups is 2. The molecule has 1 aromatic carbocycles. The summed E-state index contributed by atoms with van der Waals surface area (Å²) in [4.78, 5) is 25.3. The van der Waals surface area contributed by atoms with E-state index in [4.69, 9.17) is 0 Å². The van der Waals surface area contributed by atoms with E-state index in [2.05, 4.69) is 16.0 Å². The molecule has 3 aliphatic rings. The minimum atomic E-state index is -0.0904. The van der Waals surface area contributed by atoms with Crippen LogP contribution in [0.25, 0.3) is 0 Å². The van der Waals surface area contributed by atoms with Crippen LogP contribution in [0.15, 0.2) is 23.1 Å². The summed E-state index contributed by atoms with van der Waals surface area (Å²) in [7, 11) is 0. The second kappa shape index (κ2) is 5.83. The van der Waals surface area contributed by atoms with E-state index in [1.165, 1.54) is 24.6 Å². The molecule has 2 bridgehead atoms. The maximum Gasteiger partial charge on any atom is 0.251 e. The Kier molecular flexibility index (Phi) is 3.81. The van der Waals surface area contributed by atoms with Crippen LogP contribution in [0, 0.1) is 0 Å². The molecule has 2 fully saturated rings. The molecule has 0 aliphatic carbocycles.